The van der Waals surface area contributed by atoms with Crippen LogP contribution in [0.25, 0.3) is 0 Å². The van der Waals surface area contributed by atoms with Gasteiger partial charge in [0.1, 0.15) is 0 Å². The van der Waals surface area contributed by atoms with Crippen molar-refractivity contribution in [3.63, 3.8) is 0 Å². The van der Waals surface area contributed by atoms with E-state index in [2.05, 4.69) is 9.98 Å². The van der Waals surface area contributed by atoms with Gasteiger partial charge in [0.25, 0.3) is 0 Å². The lowest BCUT2D eigenvalue weighted by Gasteiger charge is -2.11. The number of aliphatic hydroxyl groups is 1. The van der Waals surface area contributed by atoms with Crippen LogP contribution in [0.4, 0.5) is 13.2 Å². The van der Waals surface area contributed by atoms with Gasteiger partial charge in [-0.2, -0.15) is 13.2 Å². The lowest BCUT2D eigenvalue weighted by Crippen LogP contribution is -2.31. The molecule has 7 heteroatoms. The highest BCUT2D eigenvalue weighted by Crippen LogP contribution is 2.28. The summed E-state index contributed by atoms with van der Waals surface area (Å²) in [4.78, 5) is 7.54. The van der Waals surface area contributed by atoms with Gasteiger partial charge in [0.15, 0.2) is 11.9 Å². The SMILES string of the molecule is CC1=NC(c2ccc(C[C@H](N)CO)cc2)=NC1C(F)(F)F. The Hall–Kier alpha value is -1.73. The van der Waals surface area contributed by atoms with Crippen molar-refractivity contribution >= 4 is 11.5 Å². The fraction of sp³-hybridized carbons (Fsp3) is 0.429. The van der Waals surface area contributed by atoms with E-state index < -0.39 is 12.2 Å². The molecule has 2 atom stereocenters. The van der Waals surface area contributed by atoms with Crippen LogP contribution in [0.3, 0.4) is 0 Å². The molecule has 3 N–H and O–H groups in total. The van der Waals surface area contributed by atoms with Crippen molar-refractivity contribution in [1.82, 2.24) is 0 Å². The molecule has 0 saturated heterocycles. The van der Waals surface area contributed by atoms with Crippen LogP contribution in [0.1, 0.15) is 18.1 Å². The van der Waals surface area contributed by atoms with Gasteiger partial charge in [-0.15, -0.1) is 0 Å². The van der Waals surface area contributed by atoms with Gasteiger partial charge in [0.05, 0.1) is 12.3 Å². The average Bonchev–Trinajstić information content (AvgIpc) is 2.81. The Bertz CT molecular complexity index is 564. The largest absolute Gasteiger partial charge is 0.416 e. The third kappa shape index (κ3) is 3.68. The standard InChI is InChI=1S/C14H16F3N3O/c1-8-12(14(15,16)17)20-13(19-8)10-4-2-9(3-5-10)6-11(18)7-21/h2-5,11-12,21H,6-7,18H2,1H3/t11-,12?/m0/s1. The van der Waals surface area contributed by atoms with E-state index in [0.29, 0.717) is 12.0 Å². The molecule has 1 aromatic rings. The summed E-state index contributed by atoms with van der Waals surface area (Å²) in [7, 11) is 0. The minimum absolute atomic E-state index is 0.0520. The second-order valence-corrected chi connectivity index (χ2v) is 4.99. The molecule has 0 saturated carbocycles. The molecule has 114 valence electrons. The monoisotopic (exact) mass is 299 g/mol. The third-order valence-corrected chi connectivity index (χ3v) is 3.18. The Kier molecular flexibility index (Phi) is 4.43. The number of nitrogens with two attached hydrogens (primary N) is 1. The molecule has 21 heavy (non-hydrogen) atoms. The Morgan fingerprint density at radius 2 is 1.90 bits per heavy atom. The molecule has 0 bridgehead atoms. The number of aliphatic imine (C=N–C) groups is 2. The van der Waals surface area contributed by atoms with E-state index in [1.807, 2.05) is 0 Å². The zero-order chi connectivity index (χ0) is 15.6. The number of alkyl halides is 3. The number of hydrogen-bond donors (Lipinski definition) is 2. The maximum atomic E-state index is 12.7. The zero-order valence-electron chi connectivity index (χ0n) is 11.4. The first-order valence-corrected chi connectivity index (χ1v) is 6.46. The van der Waals surface area contributed by atoms with Crippen LogP contribution in [0.15, 0.2) is 34.3 Å². The minimum atomic E-state index is -4.41. The highest BCUT2D eigenvalue weighted by Gasteiger charge is 2.44. The van der Waals surface area contributed by atoms with Crippen LogP contribution in [0, 0.1) is 0 Å². The van der Waals surface area contributed by atoms with E-state index in [9.17, 15) is 13.2 Å². The fourth-order valence-corrected chi connectivity index (χ4v) is 2.08. The second kappa shape index (κ2) is 5.95. The van der Waals surface area contributed by atoms with Gasteiger partial charge >= 0.3 is 6.18 Å². The van der Waals surface area contributed by atoms with E-state index in [4.69, 9.17) is 10.8 Å². The zero-order valence-corrected chi connectivity index (χ0v) is 11.4. The highest BCUT2D eigenvalue weighted by molar-refractivity contribution is 6.12. The second-order valence-electron chi connectivity index (χ2n) is 4.99. The first-order chi connectivity index (χ1) is 9.81. The first kappa shape index (κ1) is 15.7. The number of halogens is 3. The number of nitrogens with zero attached hydrogens (tertiary/aromatic N) is 2. The highest BCUT2D eigenvalue weighted by atomic mass is 19.4. The molecule has 0 aromatic heterocycles. The molecule has 0 fully saturated rings. The van der Waals surface area contributed by atoms with Crippen LogP contribution in [-0.2, 0) is 6.42 Å². The molecule has 1 unspecified atom stereocenters. The van der Waals surface area contributed by atoms with Crippen molar-refractivity contribution in [3.05, 3.63) is 35.4 Å². The molecule has 1 aliphatic rings. The van der Waals surface area contributed by atoms with Gasteiger partial charge in [-0.05, 0) is 18.9 Å². The van der Waals surface area contributed by atoms with Crippen molar-refractivity contribution in [2.24, 2.45) is 15.7 Å². The lowest BCUT2D eigenvalue weighted by molar-refractivity contribution is -0.131. The maximum absolute atomic E-state index is 12.7. The summed E-state index contributed by atoms with van der Waals surface area (Å²) in [6.45, 7) is 1.20. The van der Waals surface area contributed by atoms with Crippen molar-refractivity contribution in [2.75, 3.05) is 6.61 Å². The van der Waals surface area contributed by atoms with Crippen molar-refractivity contribution in [2.45, 2.75) is 31.6 Å². The number of rotatable bonds is 4. The first-order valence-electron chi connectivity index (χ1n) is 6.46. The molecule has 0 aliphatic carbocycles. The van der Waals surface area contributed by atoms with Crippen molar-refractivity contribution in [3.8, 4) is 0 Å². The summed E-state index contributed by atoms with van der Waals surface area (Å²) in [6.07, 6.45) is -3.92. The smallest absolute Gasteiger partial charge is 0.395 e. The molecule has 1 heterocycles. The number of hydrogen-bond acceptors (Lipinski definition) is 4. The summed E-state index contributed by atoms with van der Waals surface area (Å²) in [5.74, 6) is 0.0906. The Labute approximate surface area is 120 Å². The topological polar surface area (TPSA) is 71.0 Å². The Balaban J connectivity index is 2.17. The van der Waals surface area contributed by atoms with Crippen LogP contribution in [0.2, 0.25) is 0 Å². The van der Waals surface area contributed by atoms with Crippen molar-refractivity contribution < 1.29 is 18.3 Å². The van der Waals surface area contributed by atoms with Crippen molar-refractivity contribution in [1.29, 1.82) is 0 Å². The maximum Gasteiger partial charge on any atom is 0.416 e. The molecule has 1 aliphatic heterocycles. The summed E-state index contributed by atoms with van der Waals surface area (Å²) in [5.41, 5.74) is 7.00. The molecule has 0 amide bonds. The van der Waals surface area contributed by atoms with E-state index in [-0.39, 0.29) is 24.2 Å². The summed E-state index contributed by atoms with van der Waals surface area (Å²) >= 11 is 0. The normalized spacial score (nSPS) is 20.2. The quantitative estimate of drug-likeness (QED) is 0.888. The molecule has 4 nitrogen and oxygen atoms in total. The summed E-state index contributed by atoms with van der Waals surface area (Å²) in [5, 5.41) is 8.89. The van der Waals surface area contributed by atoms with Crippen LogP contribution < -0.4 is 5.73 Å². The molecule has 0 radical (unpaired) electrons. The van der Waals surface area contributed by atoms with E-state index in [1.54, 1.807) is 24.3 Å². The van der Waals surface area contributed by atoms with Crippen LogP contribution in [0.5, 0.6) is 0 Å². The van der Waals surface area contributed by atoms with Gasteiger partial charge in [0, 0.05) is 11.6 Å². The Morgan fingerprint density at radius 3 is 2.38 bits per heavy atom. The predicted molar refractivity (Wildman–Crippen MR) is 74.7 cm³/mol. The van der Waals surface area contributed by atoms with Crippen LogP contribution in [-0.4, -0.2) is 41.5 Å². The molecular formula is C14H16F3N3O. The molecule has 1 aromatic carbocycles. The number of aliphatic hydroxyl groups excluding tert-OH is 1. The molecular weight excluding hydrogens is 283 g/mol. The number of amidine groups is 1. The molecule has 0 spiro atoms. The summed E-state index contributed by atoms with van der Waals surface area (Å²) < 4.78 is 38.2. The lowest BCUT2D eigenvalue weighted by atomic mass is 10.0. The Morgan fingerprint density at radius 1 is 1.29 bits per heavy atom. The van der Waals surface area contributed by atoms with E-state index in [0.717, 1.165) is 5.56 Å². The minimum Gasteiger partial charge on any atom is -0.395 e. The number of benzene rings is 1. The van der Waals surface area contributed by atoms with Gasteiger partial charge in [0.2, 0.25) is 0 Å². The average molecular weight is 299 g/mol. The van der Waals surface area contributed by atoms with Gasteiger partial charge in [-0.25, -0.2) is 9.98 Å². The predicted octanol–water partition coefficient (Wildman–Crippen LogP) is 1.70. The summed E-state index contributed by atoms with van der Waals surface area (Å²) in [6, 6.07) is 4.62. The van der Waals surface area contributed by atoms with Gasteiger partial charge in [-0.1, -0.05) is 24.3 Å². The van der Waals surface area contributed by atoms with E-state index in [1.165, 1.54) is 6.92 Å². The van der Waals surface area contributed by atoms with Gasteiger partial charge < -0.3 is 10.8 Å². The van der Waals surface area contributed by atoms with Crippen LogP contribution >= 0.6 is 0 Å². The fourth-order valence-electron chi connectivity index (χ4n) is 2.08. The van der Waals surface area contributed by atoms with E-state index >= 15 is 0 Å². The third-order valence-electron chi connectivity index (χ3n) is 3.18. The molecule has 2 rings (SSSR count). The van der Waals surface area contributed by atoms with Gasteiger partial charge in [-0.3, -0.25) is 0 Å².